The summed E-state index contributed by atoms with van der Waals surface area (Å²) in [6.07, 6.45) is 0.388. The number of likely N-dealkylation sites (N-methyl/N-ethyl adjacent to an activating group) is 1. The number of nitrogens with one attached hydrogen (secondary N) is 1. The topological polar surface area (TPSA) is 73.2 Å². The molecule has 1 atom stereocenters. The smallest absolute Gasteiger partial charge is 0.264 e. The summed E-state index contributed by atoms with van der Waals surface area (Å²) in [6, 6.07) is 14.5. The molecular weight excluding hydrogens is 429 g/mol. The molecule has 8 heteroatoms. The van der Waals surface area contributed by atoms with Gasteiger partial charge >= 0.3 is 0 Å². The number of anilines is 1. The number of carbonyl (C=O) groups excluding carboxylic acids is 2. The van der Waals surface area contributed by atoms with E-state index in [0.717, 1.165) is 11.1 Å². The summed E-state index contributed by atoms with van der Waals surface area (Å²) < 4.78 is 0. The molecule has 0 aromatic heterocycles. The average Bonchev–Trinajstić information content (AvgIpc) is 3.01. The lowest BCUT2D eigenvalue weighted by Gasteiger charge is -2.18. The van der Waals surface area contributed by atoms with Gasteiger partial charge in [0, 0.05) is 12.7 Å². The summed E-state index contributed by atoms with van der Waals surface area (Å²) in [5.74, 6) is -0.730. The molecule has 1 saturated heterocycles. The predicted octanol–water partition coefficient (Wildman–Crippen LogP) is 4.47. The largest absolute Gasteiger partial charge is 0.354 e. The minimum absolute atomic E-state index is 0.0944. The van der Waals surface area contributed by atoms with E-state index < -0.39 is 11.2 Å². The monoisotopic (exact) mass is 445 g/mol. The lowest BCUT2D eigenvalue weighted by atomic mass is 10.1. The zero-order valence-electron chi connectivity index (χ0n) is 15.7. The van der Waals surface area contributed by atoms with E-state index in [2.05, 4.69) is 5.32 Å². The summed E-state index contributed by atoms with van der Waals surface area (Å²) in [4.78, 5) is 26.9. The van der Waals surface area contributed by atoms with Crippen LogP contribution in [-0.4, -0.2) is 24.1 Å². The first kappa shape index (κ1) is 21.3. The highest BCUT2D eigenvalue weighted by atomic mass is 35.5. The van der Waals surface area contributed by atoms with Gasteiger partial charge in [0.05, 0.1) is 15.3 Å². The van der Waals surface area contributed by atoms with Crippen LogP contribution >= 0.6 is 35.0 Å². The van der Waals surface area contributed by atoms with Crippen molar-refractivity contribution in [3.63, 3.8) is 0 Å². The Morgan fingerprint density at radius 3 is 2.48 bits per heavy atom. The van der Waals surface area contributed by atoms with Gasteiger partial charge < -0.3 is 5.32 Å². The first-order chi connectivity index (χ1) is 13.8. The van der Waals surface area contributed by atoms with E-state index in [9.17, 15) is 14.9 Å². The lowest BCUT2D eigenvalue weighted by Crippen LogP contribution is -2.31. The highest BCUT2D eigenvalue weighted by molar-refractivity contribution is 8.05. The maximum absolute atomic E-state index is 13.3. The Morgan fingerprint density at radius 1 is 1.21 bits per heavy atom. The molecule has 1 aliphatic heterocycles. The maximum Gasteiger partial charge on any atom is 0.264 e. The Morgan fingerprint density at radius 2 is 1.90 bits per heavy atom. The number of hydrogen-bond donors (Lipinski definition) is 1. The third kappa shape index (κ3) is 4.43. The number of nitrogens with zero attached hydrogens (tertiary/aromatic N) is 2. The van der Waals surface area contributed by atoms with Crippen molar-refractivity contribution in [2.75, 3.05) is 11.9 Å². The molecule has 2 aromatic rings. The predicted molar refractivity (Wildman–Crippen MR) is 117 cm³/mol. The zero-order chi connectivity index (χ0) is 21.1. The Bertz CT molecular complexity index is 1040. The Kier molecular flexibility index (Phi) is 6.53. The van der Waals surface area contributed by atoms with E-state index in [-0.39, 0.29) is 11.5 Å². The number of rotatable bonds is 4. The van der Waals surface area contributed by atoms with Gasteiger partial charge in [-0.3, -0.25) is 14.5 Å². The van der Waals surface area contributed by atoms with Crippen molar-refractivity contribution in [2.45, 2.75) is 18.6 Å². The Balaban J connectivity index is 2.03. The number of halogens is 2. The van der Waals surface area contributed by atoms with E-state index >= 15 is 0 Å². The van der Waals surface area contributed by atoms with Crippen LogP contribution in [0.25, 0.3) is 0 Å². The molecule has 1 heterocycles. The van der Waals surface area contributed by atoms with Crippen molar-refractivity contribution in [3.05, 3.63) is 74.2 Å². The van der Waals surface area contributed by atoms with Crippen LogP contribution in [0, 0.1) is 18.3 Å². The highest BCUT2D eigenvalue weighted by Gasteiger charge is 2.40. The van der Waals surface area contributed by atoms with Crippen LogP contribution < -0.4 is 10.2 Å². The minimum atomic E-state index is -0.532. The molecule has 1 N–H and O–H groups in total. The summed E-state index contributed by atoms with van der Waals surface area (Å²) >= 11 is 13.3. The molecular formula is C21H17Cl2N3O2S. The molecule has 0 saturated carbocycles. The number of hydrogen-bond acceptors (Lipinski definition) is 4. The molecule has 0 radical (unpaired) electrons. The third-order valence-electron chi connectivity index (χ3n) is 4.43. The minimum Gasteiger partial charge on any atom is -0.354 e. The van der Waals surface area contributed by atoms with Crippen LogP contribution in [-0.2, 0) is 16.0 Å². The van der Waals surface area contributed by atoms with Gasteiger partial charge in [-0.1, -0.05) is 58.7 Å². The Hall–Kier alpha value is -2.46. The van der Waals surface area contributed by atoms with Crippen molar-refractivity contribution in [1.29, 1.82) is 5.26 Å². The van der Waals surface area contributed by atoms with Crippen LogP contribution in [0.2, 0.25) is 10.0 Å². The molecule has 148 valence electrons. The van der Waals surface area contributed by atoms with Crippen molar-refractivity contribution < 1.29 is 9.59 Å². The van der Waals surface area contributed by atoms with Crippen LogP contribution in [0.1, 0.15) is 11.1 Å². The molecule has 2 aromatic carbocycles. The fourth-order valence-electron chi connectivity index (χ4n) is 2.92. The first-order valence-corrected chi connectivity index (χ1v) is 10.4. The van der Waals surface area contributed by atoms with E-state index in [1.165, 1.54) is 23.7 Å². The van der Waals surface area contributed by atoms with E-state index in [1.807, 2.05) is 31.2 Å². The van der Waals surface area contributed by atoms with Gasteiger partial charge in [0.15, 0.2) is 0 Å². The molecule has 1 unspecified atom stereocenters. The molecule has 1 fully saturated rings. The van der Waals surface area contributed by atoms with E-state index in [4.69, 9.17) is 23.2 Å². The number of thioether (sulfide) groups is 1. The molecule has 0 spiro atoms. The molecule has 3 rings (SSSR count). The second-order valence-electron chi connectivity index (χ2n) is 6.44. The van der Waals surface area contributed by atoms with Crippen LogP contribution in [0.15, 0.2) is 53.1 Å². The number of benzene rings is 2. The number of aryl methyl sites for hydroxylation is 1. The zero-order valence-corrected chi connectivity index (χ0v) is 18.0. The number of carbonyl (C=O) groups is 2. The van der Waals surface area contributed by atoms with E-state index in [1.54, 1.807) is 24.3 Å². The van der Waals surface area contributed by atoms with E-state index in [0.29, 0.717) is 27.2 Å². The normalized spacial score (nSPS) is 17.8. The van der Waals surface area contributed by atoms with Gasteiger partial charge in [-0.15, -0.1) is 0 Å². The fourth-order valence-corrected chi connectivity index (χ4v) is 4.55. The fraction of sp³-hybridized carbons (Fsp3) is 0.190. The highest BCUT2D eigenvalue weighted by Crippen LogP contribution is 2.42. The molecule has 1 aliphatic rings. The summed E-state index contributed by atoms with van der Waals surface area (Å²) in [5.41, 5.74) is 2.39. The molecule has 29 heavy (non-hydrogen) atoms. The third-order valence-corrected chi connectivity index (χ3v) is 6.43. The number of amides is 2. The van der Waals surface area contributed by atoms with Crippen molar-refractivity contribution in [3.8, 4) is 6.07 Å². The van der Waals surface area contributed by atoms with Crippen molar-refractivity contribution in [1.82, 2.24) is 5.32 Å². The van der Waals surface area contributed by atoms with Gasteiger partial charge in [0.2, 0.25) is 5.91 Å². The molecule has 0 aliphatic carbocycles. The number of nitriles is 1. The summed E-state index contributed by atoms with van der Waals surface area (Å²) in [7, 11) is 1.45. The first-order valence-electron chi connectivity index (χ1n) is 8.73. The Labute approximate surface area is 183 Å². The van der Waals surface area contributed by atoms with Crippen molar-refractivity contribution >= 4 is 52.5 Å². The molecule has 5 nitrogen and oxygen atoms in total. The second kappa shape index (κ2) is 8.91. The second-order valence-corrected chi connectivity index (χ2v) is 8.45. The van der Waals surface area contributed by atoms with Gasteiger partial charge in [-0.25, -0.2) is 0 Å². The summed E-state index contributed by atoms with van der Waals surface area (Å²) in [5, 5.41) is 12.7. The van der Waals surface area contributed by atoms with Gasteiger partial charge in [0.25, 0.3) is 5.91 Å². The van der Waals surface area contributed by atoms with Crippen LogP contribution in [0.5, 0.6) is 0 Å². The van der Waals surface area contributed by atoms with Gasteiger partial charge in [-0.2, -0.15) is 5.26 Å². The van der Waals surface area contributed by atoms with Crippen LogP contribution in [0.3, 0.4) is 0 Å². The SMILES string of the molecule is CNC(=O)/C(C#N)=C1\SC(Cc2ccc(Cl)c(Cl)c2)C(=O)N1c1ccc(C)cc1. The molecule has 2 amide bonds. The van der Waals surface area contributed by atoms with Gasteiger partial charge in [-0.05, 0) is 43.2 Å². The average molecular weight is 446 g/mol. The van der Waals surface area contributed by atoms with Gasteiger partial charge in [0.1, 0.15) is 16.7 Å². The van der Waals surface area contributed by atoms with Crippen LogP contribution in [0.4, 0.5) is 5.69 Å². The molecule has 0 bridgehead atoms. The standard InChI is InChI=1S/C21H17Cl2N3O2S/c1-12-3-6-14(7-4-12)26-20(28)18(10-13-5-8-16(22)17(23)9-13)29-21(26)15(11-24)19(27)25-2/h3-9,18H,10H2,1-2H3,(H,25,27)/b21-15-. The quantitative estimate of drug-likeness (QED) is 0.556. The summed E-state index contributed by atoms with van der Waals surface area (Å²) in [6.45, 7) is 1.94. The maximum atomic E-state index is 13.3. The van der Waals surface area contributed by atoms with Crippen molar-refractivity contribution in [2.24, 2.45) is 0 Å². The lowest BCUT2D eigenvalue weighted by molar-refractivity contribution is -0.117.